The van der Waals surface area contributed by atoms with Gasteiger partial charge in [-0.3, -0.25) is 10.1 Å². The lowest BCUT2D eigenvalue weighted by Gasteiger charge is -2.22. The fourth-order valence-corrected chi connectivity index (χ4v) is 1.83. The smallest absolute Gasteiger partial charge is 0.231 e. The molecule has 1 aromatic rings. The number of rotatable bonds is 7. The Morgan fingerprint density at radius 3 is 2.42 bits per heavy atom. The van der Waals surface area contributed by atoms with Crippen LogP contribution in [-0.2, 0) is 4.84 Å². The Morgan fingerprint density at radius 2 is 1.95 bits per heavy atom. The first kappa shape index (κ1) is 15.2. The molecule has 0 radical (unpaired) electrons. The Kier molecular flexibility index (Phi) is 5.53. The van der Waals surface area contributed by atoms with Gasteiger partial charge in [0.15, 0.2) is 11.5 Å². The van der Waals surface area contributed by atoms with Crippen LogP contribution in [-0.4, -0.2) is 32.3 Å². The number of methoxy groups -OCH3 is 2. The van der Waals surface area contributed by atoms with Gasteiger partial charge in [0.05, 0.1) is 21.3 Å². The van der Waals surface area contributed by atoms with Crippen molar-refractivity contribution in [3.8, 4) is 11.5 Å². The maximum absolute atomic E-state index is 11.0. The summed E-state index contributed by atoms with van der Waals surface area (Å²) < 4.78 is 10.5. The SMILES string of the molecule is CONC(c1cccc(OC)c1OC)C(C)[N+](=O)[O-]. The molecule has 0 fully saturated rings. The Morgan fingerprint density at radius 1 is 1.26 bits per heavy atom. The highest BCUT2D eigenvalue weighted by atomic mass is 16.6. The van der Waals surface area contributed by atoms with E-state index in [2.05, 4.69) is 5.48 Å². The molecule has 2 unspecified atom stereocenters. The topological polar surface area (TPSA) is 82.9 Å². The minimum Gasteiger partial charge on any atom is -0.493 e. The number of ether oxygens (including phenoxy) is 2. The Labute approximate surface area is 111 Å². The Balaban J connectivity index is 3.25. The first-order valence-corrected chi connectivity index (χ1v) is 5.69. The van der Waals surface area contributed by atoms with Crippen molar-refractivity contribution >= 4 is 0 Å². The molecule has 0 bridgehead atoms. The number of nitrogens with one attached hydrogen (secondary N) is 1. The van der Waals surface area contributed by atoms with Gasteiger partial charge in [-0.1, -0.05) is 12.1 Å². The summed E-state index contributed by atoms with van der Waals surface area (Å²) in [5.41, 5.74) is 3.23. The molecular weight excluding hydrogens is 252 g/mol. The third-order valence-corrected chi connectivity index (χ3v) is 2.83. The van der Waals surface area contributed by atoms with Crippen LogP contribution in [0.3, 0.4) is 0 Å². The van der Waals surface area contributed by atoms with E-state index in [-0.39, 0.29) is 4.92 Å². The van der Waals surface area contributed by atoms with E-state index < -0.39 is 12.1 Å². The van der Waals surface area contributed by atoms with Gasteiger partial charge < -0.3 is 14.3 Å². The summed E-state index contributed by atoms with van der Waals surface area (Å²) in [6.07, 6.45) is 0. The second kappa shape index (κ2) is 6.91. The van der Waals surface area contributed by atoms with Crippen LogP contribution in [0.1, 0.15) is 18.5 Å². The molecule has 0 spiro atoms. The van der Waals surface area contributed by atoms with Crippen LogP contribution < -0.4 is 15.0 Å². The molecule has 106 valence electrons. The predicted octanol–water partition coefficient (Wildman–Crippen LogP) is 1.56. The molecule has 7 heteroatoms. The number of hydroxylamine groups is 1. The molecule has 1 aromatic carbocycles. The molecule has 0 saturated heterocycles. The van der Waals surface area contributed by atoms with E-state index in [0.717, 1.165) is 0 Å². The van der Waals surface area contributed by atoms with E-state index in [0.29, 0.717) is 17.1 Å². The Bertz CT molecular complexity index is 438. The first-order chi connectivity index (χ1) is 9.06. The van der Waals surface area contributed by atoms with Gasteiger partial charge in [-0.2, -0.15) is 5.48 Å². The number of hydrogen-bond acceptors (Lipinski definition) is 6. The molecular formula is C12H18N2O5. The number of nitrogens with zero attached hydrogens (tertiary/aromatic N) is 1. The third-order valence-electron chi connectivity index (χ3n) is 2.83. The van der Waals surface area contributed by atoms with Crippen LogP contribution in [0.4, 0.5) is 0 Å². The van der Waals surface area contributed by atoms with Crippen LogP contribution in [0.5, 0.6) is 11.5 Å². The lowest BCUT2D eigenvalue weighted by Crippen LogP contribution is -2.34. The maximum atomic E-state index is 11.0. The van der Waals surface area contributed by atoms with Gasteiger partial charge in [-0.05, 0) is 6.07 Å². The highest BCUT2D eigenvalue weighted by Gasteiger charge is 2.31. The summed E-state index contributed by atoms with van der Waals surface area (Å²) in [5, 5.41) is 11.0. The van der Waals surface area contributed by atoms with Crippen LogP contribution in [0.15, 0.2) is 18.2 Å². The average molecular weight is 270 g/mol. The first-order valence-electron chi connectivity index (χ1n) is 5.69. The zero-order chi connectivity index (χ0) is 14.4. The maximum Gasteiger partial charge on any atom is 0.231 e. The lowest BCUT2D eigenvalue weighted by atomic mass is 10.00. The van der Waals surface area contributed by atoms with Gasteiger partial charge in [-0.25, -0.2) is 0 Å². The number of nitro groups is 1. The van der Waals surface area contributed by atoms with Gasteiger partial charge in [-0.15, -0.1) is 0 Å². The zero-order valence-corrected chi connectivity index (χ0v) is 11.4. The molecule has 0 aliphatic rings. The molecule has 0 aromatic heterocycles. The summed E-state index contributed by atoms with van der Waals surface area (Å²) in [6, 6.07) is 3.67. The quantitative estimate of drug-likeness (QED) is 0.598. The van der Waals surface area contributed by atoms with Crippen LogP contribution in [0.2, 0.25) is 0 Å². The van der Waals surface area contributed by atoms with Crippen molar-refractivity contribution in [2.24, 2.45) is 0 Å². The number of benzene rings is 1. The summed E-state index contributed by atoms with van der Waals surface area (Å²) in [4.78, 5) is 15.5. The highest BCUT2D eigenvalue weighted by molar-refractivity contribution is 5.48. The van der Waals surface area contributed by atoms with Gasteiger partial charge in [0.25, 0.3) is 0 Å². The second-order valence-corrected chi connectivity index (χ2v) is 3.91. The fourth-order valence-electron chi connectivity index (χ4n) is 1.83. The minimum absolute atomic E-state index is 0.379. The van der Waals surface area contributed by atoms with Gasteiger partial charge in [0, 0.05) is 17.4 Å². The largest absolute Gasteiger partial charge is 0.493 e. The molecule has 0 saturated carbocycles. The van der Waals surface area contributed by atoms with Gasteiger partial charge in [0.1, 0.15) is 6.04 Å². The average Bonchev–Trinajstić information content (AvgIpc) is 2.42. The summed E-state index contributed by atoms with van der Waals surface area (Å²) >= 11 is 0. The second-order valence-electron chi connectivity index (χ2n) is 3.91. The van der Waals surface area contributed by atoms with Crippen molar-refractivity contribution < 1.29 is 19.2 Å². The standard InChI is InChI=1S/C12H18N2O5/c1-8(14(15)16)11(13-19-4)9-6-5-7-10(17-2)12(9)18-3/h5-8,11,13H,1-4H3. The van der Waals surface area contributed by atoms with Crippen molar-refractivity contribution in [2.45, 2.75) is 19.0 Å². The van der Waals surface area contributed by atoms with E-state index in [1.807, 2.05) is 0 Å². The predicted molar refractivity (Wildman–Crippen MR) is 68.9 cm³/mol. The van der Waals surface area contributed by atoms with E-state index in [1.165, 1.54) is 28.3 Å². The summed E-state index contributed by atoms with van der Waals surface area (Å²) in [6.45, 7) is 1.50. The van der Waals surface area contributed by atoms with Crippen molar-refractivity contribution in [3.05, 3.63) is 33.9 Å². The van der Waals surface area contributed by atoms with Crippen molar-refractivity contribution in [2.75, 3.05) is 21.3 Å². The van der Waals surface area contributed by atoms with Gasteiger partial charge in [0.2, 0.25) is 6.04 Å². The van der Waals surface area contributed by atoms with Crippen molar-refractivity contribution in [3.63, 3.8) is 0 Å². The number of para-hydroxylation sites is 1. The Hall–Kier alpha value is -1.86. The monoisotopic (exact) mass is 270 g/mol. The lowest BCUT2D eigenvalue weighted by molar-refractivity contribution is -0.525. The van der Waals surface area contributed by atoms with Crippen LogP contribution >= 0.6 is 0 Å². The minimum atomic E-state index is -0.888. The highest BCUT2D eigenvalue weighted by Crippen LogP contribution is 2.36. The van der Waals surface area contributed by atoms with E-state index in [4.69, 9.17) is 14.3 Å². The summed E-state index contributed by atoms with van der Waals surface area (Å²) in [5.74, 6) is 0.965. The van der Waals surface area contributed by atoms with E-state index in [9.17, 15) is 10.1 Å². The molecule has 1 rings (SSSR count). The molecule has 0 amide bonds. The number of hydrogen-bond donors (Lipinski definition) is 1. The summed E-state index contributed by atoms with van der Waals surface area (Å²) in [7, 11) is 4.41. The molecule has 0 aliphatic carbocycles. The third kappa shape index (κ3) is 3.33. The molecule has 19 heavy (non-hydrogen) atoms. The molecule has 7 nitrogen and oxygen atoms in total. The molecule has 0 heterocycles. The van der Waals surface area contributed by atoms with Crippen molar-refractivity contribution in [1.82, 2.24) is 5.48 Å². The van der Waals surface area contributed by atoms with Crippen molar-refractivity contribution in [1.29, 1.82) is 0 Å². The van der Waals surface area contributed by atoms with Crippen LogP contribution in [0.25, 0.3) is 0 Å². The normalized spacial score (nSPS) is 13.7. The van der Waals surface area contributed by atoms with Gasteiger partial charge >= 0.3 is 0 Å². The molecule has 1 N–H and O–H groups in total. The van der Waals surface area contributed by atoms with E-state index in [1.54, 1.807) is 18.2 Å². The van der Waals surface area contributed by atoms with Crippen LogP contribution in [0, 0.1) is 10.1 Å². The fraction of sp³-hybridized carbons (Fsp3) is 0.500. The molecule has 0 aliphatic heterocycles. The van der Waals surface area contributed by atoms with E-state index >= 15 is 0 Å². The molecule has 2 atom stereocenters. The zero-order valence-electron chi connectivity index (χ0n) is 11.4.